The Morgan fingerprint density at radius 2 is 1.52 bits per heavy atom. The summed E-state index contributed by atoms with van der Waals surface area (Å²) in [7, 11) is 0. The molecule has 0 spiro atoms. The van der Waals surface area contributed by atoms with Crippen molar-refractivity contribution < 1.29 is 0 Å². The van der Waals surface area contributed by atoms with Crippen molar-refractivity contribution in [2.24, 2.45) is 0 Å². The van der Waals surface area contributed by atoms with Crippen molar-refractivity contribution in [2.75, 3.05) is 6.54 Å². The fourth-order valence-electron chi connectivity index (χ4n) is 2.49. The van der Waals surface area contributed by atoms with Gasteiger partial charge in [-0.1, -0.05) is 68.8 Å². The summed E-state index contributed by atoms with van der Waals surface area (Å²) < 4.78 is 0. The summed E-state index contributed by atoms with van der Waals surface area (Å²) in [5.41, 5.74) is 4.98. The van der Waals surface area contributed by atoms with Gasteiger partial charge >= 0.3 is 0 Å². The molecule has 112 valence electrons. The molecule has 1 unspecified atom stereocenters. The Balaban J connectivity index is 2.35. The fourth-order valence-corrected chi connectivity index (χ4v) is 2.68. The van der Waals surface area contributed by atoms with Crippen LogP contribution in [0.25, 0.3) is 0 Å². The Hall–Kier alpha value is -1.31. The van der Waals surface area contributed by atoms with E-state index in [0.717, 1.165) is 17.1 Å². The first kappa shape index (κ1) is 16.1. The molecule has 0 saturated carbocycles. The highest BCUT2D eigenvalue weighted by Gasteiger charge is 2.14. The van der Waals surface area contributed by atoms with Crippen molar-refractivity contribution in [1.82, 2.24) is 5.32 Å². The second-order valence-electron chi connectivity index (χ2n) is 5.82. The van der Waals surface area contributed by atoms with E-state index in [-0.39, 0.29) is 6.04 Å². The summed E-state index contributed by atoms with van der Waals surface area (Å²) in [6.07, 6.45) is 0. The van der Waals surface area contributed by atoms with E-state index in [1.165, 1.54) is 16.7 Å². The van der Waals surface area contributed by atoms with E-state index in [4.69, 9.17) is 11.6 Å². The third-order valence-electron chi connectivity index (χ3n) is 3.87. The molecule has 0 saturated heterocycles. The average Bonchev–Trinajstić information content (AvgIpc) is 2.48. The smallest absolute Gasteiger partial charge is 0.0577 e. The maximum Gasteiger partial charge on any atom is 0.0577 e. The van der Waals surface area contributed by atoms with Crippen LogP contribution in [0.4, 0.5) is 0 Å². The van der Waals surface area contributed by atoms with Crippen LogP contribution < -0.4 is 5.32 Å². The van der Waals surface area contributed by atoms with Gasteiger partial charge in [0, 0.05) is 5.02 Å². The van der Waals surface area contributed by atoms with Crippen molar-refractivity contribution in [3.8, 4) is 0 Å². The molecule has 2 rings (SSSR count). The summed E-state index contributed by atoms with van der Waals surface area (Å²) >= 11 is 6.28. The fraction of sp³-hybridized carbons (Fsp3) is 0.368. The van der Waals surface area contributed by atoms with Gasteiger partial charge in [0.2, 0.25) is 0 Å². The molecule has 1 nitrogen and oxygen atoms in total. The molecule has 21 heavy (non-hydrogen) atoms. The van der Waals surface area contributed by atoms with E-state index < -0.39 is 0 Å². The van der Waals surface area contributed by atoms with Crippen molar-refractivity contribution in [2.45, 2.75) is 39.7 Å². The van der Waals surface area contributed by atoms with Gasteiger partial charge in [-0.2, -0.15) is 0 Å². The number of nitrogens with one attached hydrogen (secondary N) is 1. The minimum atomic E-state index is 0.189. The van der Waals surface area contributed by atoms with Crippen LogP contribution in [0.15, 0.2) is 42.5 Å². The van der Waals surface area contributed by atoms with Crippen molar-refractivity contribution in [1.29, 1.82) is 0 Å². The van der Waals surface area contributed by atoms with E-state index in [9.17, 15) is 0 Å². The number of rotatable bonds is 5. The Labute approximate surface area is 133 Å². The van der Waals surface area contributed by atoms with E-state index in [2.05, 4.69) is 68.6 Å². The monoisotopic (exact) mass is 301 g/mol. The van der Waals surface area contributed by atoms with Gasteiger partial charge in [0.1, 0.15) is 0 Å². The van der Waals surface area contributed by atoms with Crippen LogP contribution in [0.2, 0.25) is 5.02 Å². The molecule has 0 aliphatic rings. The minimum Gasteiger partial charge on any atom is -0.307 e. The molecular formula is C19H24ClN. The molecule has 0 radical (unpaired) electrons. The predicted octanol–water partition coefficient (Wildman–Crippen LogP) is 5.47. The highest BCUT2D eigenvalue weighted by Crippen LogP contribution is 2.27. The molecule has 1 N–H and O–H groups in total. The zero-order valence-electron chi connectivity index (χ0n) is 13.3. The maximum atomic E-state index is 6.28. The van der Waals surface area contributed by atoms with Crippen molar-refractivity contribution in [3.05, 3.63) is 69.7 Å². The first-order valence-electron chi connectivity index (χ1n) is 7.62. The second-order valence-corrected chi connectivity index (χ2v) is 6.23. The molecular weight excluding hydrogens is 278 g/mol. The zero-order valence-corrected chi connectivity index (χ0v) is 14.0. The Morgan fingerprint density at radius 3 is 2.05 bits per heavy atom. The number of hydrogen-bond donors (Lipinski definition) is 1. The molecule has 0 fully saturated rings. The van der Waals surface area contributed by atoms with Crippen LogP contribution in [0.3, 0.4) is 0 Å². The summed E-state index contributed by atoms with van der Waals surface area (Å²) in [4.78, 5) is 0. The minimum absolute atomic E-state index is 0.189. The van der Waals surface area contributed by atoms with Crippen molar-refractivity contribution in [3.63, 3.8) is 0 Å². The van der Waals surface area contributed by atoms with Gasteiger partial charge in [0.15, 0.2) is 0 Å². The summed E-state index contributed by atoms with van der Waals surface area (Å²) in [5.74, 6) is 0.561. The summed E-state index contributed by atoms with van der Waals surface area (Å²) in [5, 5.41) is 4.38. The lowest BCUT2D eigenvalue weighted by Crippen LogP contribution is -2.22. The van der Waals surface area contributed by atoms with E-state index >= 15 is 0 Å². The molecule has 0 aliphatic carbocycles. The highest BCUT2D eigenvalue weighted by molar-refractivity contribution is 6.31. The lowest BCUT2D eigenvalue weighted by atomic mass is 9.95. The van der Waals surface area contributed by atoms with Gasteiger partial charge in [-0.15, -0.1) is 0 Å². The van der Waals surface area contributed by atoms with E-state index in [1.54, 1.807) is 0 Å². The number of hydrogen-bond acceptors (Lipinski definition) is 1. The van der Waals surface area contributed by atoms with Gasteiger partial charge in [-0.25, -0.2) is 0 Å². The maximum absolute atomic E-state index is 6.28. The second kappa shape index (κ2) is 7.11. The lowest BCUT2D eigenvalue weighted by Gasteiger charge is -2.20. The first-order chi connectivity index (χ1) is 10.0. The van der Waals surface area contributed by atoms with Crippen LogP contribution in [-0.2, 0) is 0 Å². The van der Waals surface area contributed by atoms with E-state index in [0.29, 0.717) is 5.92 Å². The van der Waals surface area contributed by atoms with Crippen LogP contribution in [0.1, 0.15) is 55.0 Å². The third kappa shape index (κ3) is 3.87. The predicted molar refractivity (Wildman–Crippen MR) is 92.2 cm³/mol. The molecule has 0 aromatic heterocycles. The van der Waals surface area contributed by atoms with Gasteiger partial charge in [0.05, 0.1) is 6.04 Å². The Bertz CT molecular complexity index is 587. The lowest BCUT2D eigenvalue weighted by molar-refractivity contribution is 0.630. The standard InChI is InChI=1S/C19H24ClN/c1-5-21-19(17-7-6-14(4)18(20)12-17)16-10-8-15(9-11-16)13(2)3/h6-13,19,21H,5H2,1-4H3. The van der Waals surface area contributed by atoms with Crippen LogP contribution in [0.5, 0.6) is 0 Å². The van der Waals surface area contributed by atoms with Gasteiger partial charge in [-0.05, 0) is 47.7 Å². The van der Waals surface area contributed by atoms with Crippen LogP contribution >= 0.6 is 11.6 Å². The molecule has 0 bridgehead atoms. The van der Waals surface area contributed by atoms with Crippen LogP contribution in [0, 0.1) is 6.92 Å². The topological polar surface area (TPSA) is 12.0 Å². The third-order valence-corrected chi connectivity index (χ3v) is 4.28. The zero-order chi connectivity index (χ0) is 15.4. The van der Waals surface area contributed by atoms with E-state index in [1.807, 2.05) is 6.92 Å². The number of halogens is 1. The van der Waals surface area contributed by atoms with Gasteiger partial charge < -0.3 is 5.32 Å². The molecule has 0 aliphatic heterocycles. The highest BCUT2D eigenvalue weighted by atomic mass is 35.5. The Kier molecular flexibility index (Phi) is 5.44. The van der Waals surface area contributed by atoms with Gasteiger partial charge in [-0.3, -0.25) is 0 Å². The van der Waals surface area contributed by atoms with Crippen LogP contribution in [-0.4, -0.2) is 6.54 Å². The molecule has 2 aromatic carbocycles. The summed E-state index contributed by atoms with van der Waals surface area (Å²) in [6.45, 7) is 9.52. The molecule has 1 atom stereocenters. The number of aryl methyl sites for hydroxylation is 1. The van der Waals surface area contributed by atoms with Gasteiger partial charge in [0.25, 0.3) is 0 Å². The molecule has 0 amide bonds. The average molecular weight is 302 g/mol. The normalized spacial score (nSPS) is 12.7. The summed E-state index contributed by atoms with van der Waals surface area (Å²) in [6, 6.07) is 15.4. The molecule has 2 heteroatoms. The largest absolute Gasteiger partial charge is 0.307 e. The molecule has 2 aromatic rings. The first-order valence-corrected chi connectivity index (χ1v) is 8.00. The molecule has 0 heterocycles. The number of benzene rings is 2. The SMILES string of the molecule is CCNC(c1ccc(C(C)C)cc1)c1ccc(C)c(Cl)c1. The quantitative estimate of drug-likeness (QED) is 0.772. The Morgan fingerprint density at radius 1 is 0.952 bits per heavy atom. The van der Waals surface area contributed by atoms with Crippen molar-refractivity contribution >= 4 is 11.6 Å².